The molecule has 18 heavy (non-hydrogen) atoms. The molecule has 0 radical (unpaired) electrons. The minimum absolute atomic E-state index is 0.0907. The summed E-state index contributed by atoms with van der Waals surface area (Å²) >= 11 is 3.46. The number of halogens is 1. The van der Waals surface area contributed by atoms with Gasteiger partial charge in [0.15, 0.2) is 0 Å². The quantitative estimate of drug-likeness (QED) is 0.904. The van der Waals surface area contributed by atoms with Gasteiger partial charge in [-0.15, -0.1) is 0 Å². The molecular formula is C16H16BrN. The van der Waals surface area contributed by atoms with Crippen molar-refractivity contribution in [3.05, 3.63) is 70.2 Å². The fourth-order valence-electron chi connectivity index (χ4n) is 2.67. The Kier molecular flexibility index (Phi) is 3.00. The first-order valence-electron chi connectivity index (χ1n) is 6.29. The molecule has 3 rings (SSSR count). The molecule has 2 N–H and O–H groups in total. The van der Waals surface area contributed by atoms with E-state index in [-0.39, 0.29) is 11.5 Å². The van der Waals surface area contributed by atoms with Gasteiger partial charge in [0.05, 0.1) is 0 Å². The van der Waals surface area contributed by atoms with Crippen molar-refractivity contribution in [1.29, 1.82) is 0 Å². The van der Waals surface area contributed by atoms with Crippen LogP contribution in [0.3, 0.4) is 0 Å². The summed E-state index contributed by atoms with van der Waals surface area (Å²) in [6.07, 6.45) is 2.38. The number of nitrogens with two attached hydrogens (primary N) is 1. The monoisotopic (exact) mass is 301 g/mol. The number of benzene rings is 2. The van der Waals surface area contributed by atoms with Crippen molar-refractivity contribution in [2.24, 2.45) is 5.73 Å². The Bertz CT molecular complexity index is 529. The summed E-state index contributed by atoms with van der Waals surface area (Å²) in [5.74, 6) is 0. The Morgan fingerprint density at radius 2 is 1.56 bits per heavy atom. The molecule has 0 aromatic heterocycles. The minimum Gasteiger partial charge on any atom is -0.323 e. The molecule has 2 aromatic carbocycles. The lowest BCUT2D eigenvalue weighted by Crippen LogP contribution is -2.26. The lowest BCUT2D eigenvalue weighted by Gasteiger charge is -2.24. The standard InChI is InChI=1S/C16H16BrN/c17-14-8-6-12(7-9-14)15(18)16(10-11-16)13-4-2-1-3-5-13/h1-9,15H,10-11,18H2. The predicted octanol–water partition coefficient (Wildman–Crippen LogP) is 4.18. The largest absolute Gasteiger partial charge is 0.323 e. The minimum atomic E-state index is 0.0907. The van der Waals surface area contributed by atoms with Crippen LogP contribution < -0.4 is 5.73 Å². The van der Waals surface area contributed by atoms with E-state index in [4.69, 9.17) is 5.73 Å². The van der Waals surface area contributed by atoms with Crippen molar-refractivity contribution in [2.45, 2.75) is 24.3 Å². The second kappa shape index (κ2) is 4.52. The molecule has 0 aliphatic heterocycles. The molecule has 1 fully saturated rings. The van der Waals surface area contributed by atoms with Gasteiger partial charge in [0.2, 0.25) is 0 Å². The van der Waals surface area contributed by atoms with Crippen molar-refractivity contribution in [1.82, 2.24) is 0 Å². The summed E-state index contributed by atoms with van der Waals surface area (Å²) in [6, 6.07) is 19.1. The summed E-state index contributed by atoms with van der Waals surface area (Å²) in [4.78, 5) is 0. The molecule has 1 saturated carbocycles. The van der Waals surface area contributed by atoms with Crippen LogP contribution >= 0.6 is 15.9 Å². The normalized spacial score (nSPS) is 18.3. The van der Waals surface area contributed by atoms with Crippen molar-refractivity contribution in [3.8, 4) is 0 Å². The molecule has 1 nitrogen and oxygen atoms in total. The van der Waals surface area contributed by atoms with E-state index < -0.39 is 0 Å². The van der Waals surface area contributed by atoms with Gasteiger partial charge in [0.25, 0.3) is 0 Å². The maximum absolute atomic E-state index is 6.50. The molecule has 0 bridgehead atoms. The molecule has 0 heterocycles. The molecule has 1 aliphatic rings. The van der Waals surface area contributed by atoms with E-state index in [0.29, 0.717) is 0 Å². The molecule has 1 unspecified atom stereocenters. The zero-order valence-electron chi connectivity index (χ0n) is 10.1. The van der Waals surface area contributed by atoms with Gasteiger partial charge < -0.3 is 5.73 Å². The van der Waals surface area contributed by atoms with Crippen LogP contribution in [0.25, 0.3) is 0 Å². The summed E-state index contributed by atoms with van der Waals surface area (Å²) in [7, 11) is 0. The van der Waals surface area contributed by atoms with Gasteiger partial charge in [0.1, 0.15) is 0 Å². The first-order valence-corrected chi connectivity index (χ1v) is 7.08. The van der Waals surface area contributed by atoms with Gasteiger partial charge in [-0.3, -0.25) is 0 Å². The van der Waals surface area contributed by atoms with Crippen molar-refractivity contribution in [3.63, 3.8) is 0 Å². The molecule has 2 heteroatoms. The van der Waals surface area contributed by atoms with Gasteiger partial charge >= 0.3 is 0 Å². The highest BCUT2D eigenvalue weighted by atomic mass is 79.9. The molecule has 92 valence electrons. The van der Waals surface area contributed by atoms with E-state index in [1.165, 1.54) is 24.0 Å². The predicted molar refractivity (Wildman–Crippen MR) is 78.4 cm³/mol. The summed E-state index contributed by atoms with van der Waals surface area (Å²) in [5, 5.41) is 0. The highest BCUT2D eigenvalue weighted by Gasteiger charge is 2.49. The van der Waals surface area contributed by atoms with Gasteiger partial charge in [0, 0.05) is 15.9 Å². The molecule has 1 aliphatic carbocycles. The lowest BCUT2D eigenvalue weighted by molar-refractivity contribution is 0.541. The summed E-state index contributed by atoms with van der Waals surface area (Å²) < 4.78 is 1.10. The second-order valence-corrected chi connectivity index (χ2v) is 5.97. The smallest absolute Gasteiger partial charge is 0.0393 e. The van der Waals surface area contributed by atoms with E-state index in [1.54, 1.807) is 0 Å². The highest BCUT2D eigenvalue weighted by Crippen LogP contribution is 2.55. The van der Waals surface area contributed by atoms with Crippen molar-refractivity contribution >= 4 is 15.9 Å². The van der Waals surface area contributed by atoms with Crippen LogP contribution in [0.15, 0.2) is 59.1 Å². The Morgan fingerprint density at radius 1 is 0.944 bits per heavy atom. The third-order valence-electron chi connectivity index (χ3n) is 3.96. The van der Waals surface area contributed by atoms with E-state index >= 15 is 0 Å². The molecule has 0 amide bonds. The van der Waals surface area contributed by atoms with Gasteiger partial charge in [-0.2, -0.15) is 0 Å². The van der Waals surface area contributed by atoms with Crippen molar-refractivity contribution < 1.29 is 0 Å². The van der Waals surface area contributed by atoms with Crippen LogP contribution in [-0.2, 0) is 5.41 Å². The molecule has 2 aromatic rings. The molecule has 1 atom stereocenters. The van der Waals surface area contributed by atoms with Crippen LogP contribution in [0, 0.1) is 0 Å². The number of rotatable bonds is 3. The van der Waals surface area contributed by atoms with Gasteiger partial charge in [-0.25, -0.2) is 0 Å². The van der Waals surface area contributed by atoms with Crippen LogP contribution in [0.1, 0.15) is 30.0 Å². The Labute approximate surface area is 116 Å². The van der Waals surface area contributed by atoms with Gasteiger partial charge in [-0.05, 0) is 36.1 Å². The number of hydrogen-bond donors (Lipinski definition) is 1. The van der Waals surface area contributed by atoms with Crippen LogP contribution in [0.5, 0.6) is 0 Å². The average molecular weight is 302 g/mol. The maximum atomic E-state index is 6.50. The molecule has 0 spiro atoms. The van der Waals surface area contributed by atoms with Crippen LogP contribution in [0.2, 0.25) is 0 Å². The average Bonchev–Trinajstić information content (AvgIpc) is 3.21. The van der Waals surface area contributed by atoms with E-state index in [2.05, 4.69) is 70.5 Å². The topological polar surface area (TPSA) is 26.0 Å². The first kappa shape index (κ1) is 11.9. The second-order valence-electron chi connectivity index (χ2n) is 5.05. The van der Waals surface area contributed by atoms with E-state index in [0.717, 1.165) is 4.47 Å². The first-order chi connectivity index (χ1) is 8.72. The summed E-state index contributed by atoms with van der Waals surface area (Å²) in [5.41, 5.74) is 9.26. The fourth-order valence-corrected chi connectivity index (χ4v) is 2.94. The summed E-state index contributed by atoms with van der Waals surface area (Å²) in [6.45, 7) is 0. The highest BCUT2D eigenvalue weighted by molar-refractivity contribution is 9.10. The van der Waals surface area contributed by atoms with E-state index in [1.807, 2.05) is 0 Å². The Balaban J connectivity index is 1.93. The maximum Gasteiger partial charge on any atom is 0.0393 e. The third kappa shape index (κ3) is 2.00. The van der Waals surface area contributed by atoms with Crippen molar-refractivity contribution in [2.75, 3.05) is 0 Å². The zero-order chi connectivity index (χ0) is 12.6. The lowest BCUT2D eigenvalue weighted by atomic mass is 9.84. The number of hydrogen-bond acceptors (Lipinski definition) is 1. The Morgan fingerprint density at radius 3 is 2.11 bits per heavy atom. The van der Waals surface area contributed by atoms with Gasteiger partial charge in [-0.1, -0.05) is 58.4 Å². The SMILES string of the molecule is NC(c1ccc(Br)cc1)C1(c2ccccc2)CC1. The molecule has 0 saturated heterocycles. The zero-order valence-corrected chi connectivity index (χ0v) is 11.7. The molecular weight excluding hydrogens is 286 g/mol. The fraction of sp³-hybridized carbons (Fsp3) is 0.250. The van der Waals surface area contributed by atoms with Crippen LogP contribution in [0.4, 0.5) is 0 Å². The van der Waals surface area contributed by atoms with E-state index in [9.17, 15) is 0 Å². The van der Waals surface area contributed by atoms with Crippen LogP contribution in [-0.4, -0.2) is 0 Å². The third-order valence-corrected chi connectivity index (χ3v) is 4.49. The Hall–Kier alpha value is -1.12.